The van der Waals surface area contributed by atoms with E-state index in [4.69, 9.17) is 10.6 Å². The lowest BCUT2D eigenvalue weighted by Crippen LogP contribution is -2.26. The number of nitrogens with two attached hydrogens (primary N) is 1. The number of halogens is 4. The van der Waals surface area contributed by atoms with Crippen molar-refractivity contribution in [1.29, 1.82) is 0 Å². The van der Waals surface area contributed by atoms with Crippen molar-refractivity contribution in [3.63, 3.8) is 0 Å². The number of aromatic nitrogens is 2. The van der Waals surface area contributed by atoms with Gasteiger partial charge in [0.05, 0.1) is 12.6 Å². The van der Waals surface area contributed by atoms with Crippen molar-refractivity contribution in [3.8, 4) is 5.75 Å². The zero-order valence-corrected chi connectivity index (χ0v) is 11.3. The van der Waals surface area contributed by atoms with E-state index < -0.39 is 18.2 Å². The number of benzene rings is 1. The van der Waals surface area contributed by atoms with Crippen LogP contribution in [-0.4, -0.2) is 15.9 Å². The summed E-state index contributed by atoms with van der Waals surface area (Å²) in [6.45, 7) is 0. The fourth-order valence-electron chi connectivity index (χ4n) is 1.49. The average Bonchev–Trinajstić information content (AvgIpc) is 2.35. The van der Waals surface area contributed by atoms with Crippen molar-refractivity contribution in [3.05, 3.63) is 52.7 Å². The third kappa shape index (κ3) is 4.67. The first-order chi connectivity index (χ1) is 9.35. The summed E-state index contributed by atoms with van der Waals surface area (Å²) in [6, 6.07) is 5.20. The van der Waals surface area contributed by atoms with E-state index in [1.165, 1.54) is 30.5 Å². The van der Waals surface area contributed by atoms with Crippen LogP contribution in [0.4, 0.5) is 18.9 Å². The van der Waals surface area contributed by atoms with Gasteiger partial charge in [0.1, 0.15) is 12.0 Å². The molecule has 0 saturated heterocycles. The lowest BCUT2D eigenvalue weighted by Gasteiger charge is -2.09. The van der Waals surface area contributed by atoms with Crippen LogP contribution in [0.2, 0.25) is 0 Å². The van der Waals surface area contributed by atoms with Gasteiger partial charge in [-0.25, -0.2) is 4.98 Å². The van der Waals surface area contributed by atoms with Crippen LogP contribution in [0.1, 0.15) is 5.56 Å². The second-order valence-electron chi connectivity index (χ2n) is 4.01. The monoisotopic (exact) mass is 321 g/mol. The standard InChI is InChI=1S/C12H10F3N3O2.ClH/c13-12(14,15)5-8-1-3-9(4-2-8)20-18-7-17-6-10(16)11(18)19;/h1-4,6-7H,5,16H2;1H. The molecule has 0 aliphatic heterocycles. The molecule has 1 aromatic heterocycles. The fourth-order valence-corrected chi connectivity index (χ4v) is 1.49. The van der Waals surface area contributed by atoms with Gasteiger partial charge >= 0.3 is 11.7 Å². The highest BCUT2D eigenvalue weighted by molar-refractivity contribution is 5.85. The van der Waals surface area contributed by atoms with Crippen LogP contribution in [0.15, 0.2) is 41.6 Å². The van der Waals surface area contributed by atoms with Crippen LogP contribution < -0.4 is 16.1 Å². The molecule has 0 spiro atoms. The SMILES string of the molecule is Cl.Nc1cncn(Oc2ccc(CC(F)(F)F)cc2)c1=O. The molecule has 1 aromatic carbocycles. The van der Waals surface area contributed by atoms with E-state index in [1.807, 2.05) is 0 Å². The molecule has 9 heteroatoms. The smallest absolute Gasteiger partial charge is 0.393 e. The number of nitrogen functional groups attached to an aromatic ring is 1. The third-order valence-corrected chi connectivity index (χ3v) is 2.36. The number of rotatable bonds is 3. The van der Waals surface area contributed by atoms with Gasteiger partial charge in [0.25, 0.3) is 0 Å². The highest BCUT2D eigenvalue weighted by Gasteiger charge is 2.27. The maximum Gasteiger partial charge on any atom is 0.393 e. The highest BCUT2D eigenvalue weighted by Crippen LogP contribution is 2.22. The van der Waals surface area contributed by atoms with Crippen LogP contribution >= 0.6 is 12.4 Å². The Labute approximate surface area is 123 Å². The largest absolute Gasteiger partial charge is 0.393 e. The van der Waals surface area contributed by atoms with Crippen LogP contribution in [0, 0.1) is 0 Å². The van der Waals surface area contributed by atoms with E-state index in [1.54, 1.807) is 0 Å². The second-order valence-corrected chi connectivity index (χ2v) is 4.01. The Morgan fingerprint density at radius 1 is 1.24 bits per heavy atom. The molecule has 0 atom stereocenters. The van der Waals surface area contributed by atoms with Gasteiger partial charge < -0.3 is 10.6 Å². The lowest BCUT2D eigenvalue weighted by molar-refractivity contribution is -0.127. The maximum absolute atomic E-state index is 12.2. The van der Waals surface area contributed by atoms with Crippen LogP contribution in [0.5, 0.6) is 5.75 Å². The Balaban J connectivity index is 0.00000220. The molecule has 5 nitrogen and oxygen atoms in total. The number of hydrogen-bond acceptors (Lipinski definition) is 4. The van der Waals surface area contributed by atoms with Gasteiger partial charge in [0.2, 0.25) is 0 Å². The third-order valence-electron chi connectivity index (χ3n) is 2.36. The predicted molar refractivity (Wildman–Crippen MR) is 72.4 cm³/mol. The summed E-state index contributed by atoms with van der Waals surface area (Å²) in [7, 11) is 0. The first-order valence-electron chi connectivity index (χ1n) is 5.51. The van der Waals surface area contributed by atoms with Gasteiger partial charge in [-0.3, -0.25) is 4.79 Å². The lowest BCUT2D eigenvalue weighted by atomic mass is 10.1. The van der Waals surface area contributed by atoms with E-state index in [-0.39, 0.29) is 29.4 Å². The van der Waals surface area contributed by atoms with Gasteiger partial charge in [-0.2, -0.15) is 13.2 Å². The molecule has 0 saturated carbocycles. The van der Waals surface area contributed by atoms with Gasteiger partial charge in [-0.1, -0.05) is 12.1 Å². The molecule has 0 fully saturated rings. The molecule has 2 rings (SSSR count). The van der Waals surface area contributed by atoms with Crippen molar-refractivity contribution >= 4 is 18.1 Å². The molecule has 0 amide bonds. The minimum Gasteiger partial charge on any atom is -0.393 e. The van der Waals surface area contributed by atoms with Crippen molar-refractivity contribution in [2.24, 2.45) is 0 Å². The van der Waals surface area contributed by atoms with Crippen molar-refractivity contribution in [2.75, 3.05) is 5.73 Å². The second kappa shape index (κ2) is 6.49. The summed E-state index contributed by atoms with van der Waals surface area (Å²) in [6.07, 6.45) is -3.00. The number of anilines is 1. The predicted octanol–water partition coefficient (Wildman–Crippen LogP) is 2.19. The number of alkyl halides is 3. The van der Waals surface area contributed by atoms with Crippen molar-refractivity contribution in [1.82, 2.24) is 9.71 Å². The molecule has 114 valence electrons. The average molecular weight is 322 g/mol. The quantitative estimate of drug-likeness (QED) is 0.941. The fraction of sp³-hybridized carbons (Fsp3) is 0.167. The Hall–Kier alpha value is -2.22. The van der Waals surface area contributed by atoms with Gasteiger partial charge in [-0.15, -0.1) is 17.1 Å². The van der Waals surface area contributed by atoms with Gasteiger partial charge in [0, 0.05) is 0 Å². The molecule has 2 aromatic rings. The summed E-state index contributed by atoms with van der Waals surface area (Å²) < 4.78 is 37.4. The molecule has 0 radical (unpaired) electrons. The molecule has 21 heavy (non-hydrogen) atoms. The van der Waals surface area contributed by atoms with Gasteiger partial charge in [0.15, 0.2) is 5.75 Å². The number of hydrogen-bond donors (Lipinski definition) is 1. The van der Waals surface area contributed by atoms with E-state index >= 15 is 0 Å². The zero-order valence-electron chi connectivity index (χ0n) is 10.5. The Bertz CT molecular complexity index is 656. The van der Waals surface area contributed by atoms with Crippen LogP contribution in [0.3, 0.4) is 0 Å². The molecule has 2 N–H and O–H groups in total. The van der Waals surface area contributed by atoms with E-state index in [0.29, 0.717) is 0 Å². The molecule has 0 unspecified atom stereocenters. The highest BCUT2D eigenvalue weighted by atomic mass is 35.5. The first-order valence-corrected chi connectivity index (χ1v) is 5.51. The molecule has 0 bridgehead atoms. The first kappa shape index (κ1) is 16.8. The van der Waals surface area contributed by atoms with E-state index in [9.17, 15) is 18.0 Å². The Kier molecular flexibility index (Phi) is 5.20. The van der Waals surface area contributed by atoms with Gasteiger partial charge in [-0.05, 0) is 17.7 Å². The maximum atomic E-state index is 12.2. The summed E-state index contributed by atoms with van der Waals surface area (Å²) in [5.41, 5.74) is 4.77. The van der Waals surface area contributed by atoms with Crippen LogP contribution in [0.25, 0.3) is 0 Å². The minimum absolute atomic E-state index is 0. The molecule has 0 aliphatic rings. The normalized spacial score (nSPS) is 10.8. The summed E-state index contributed by atoms with van der Waals surface area (Å²) in [5.74, 6) is 0.199. The molecule has 0 aliphatic carbocycles. The molecule has 1 heterocycles. The number of nitrogens with zero attached hydrogens (tertiary/aromatic N) is 2. The molecular weight excluding hydrogens is 311 g/mol. The van der Waals surface area contributed by atoms with Crippen molar-refractivity contribution < 1.29 is 18.0 Å². The van der Waals surface area contributed by atoms with Crippen LogP contribution in [-0.2, 0) is 6.42 Å². The topological polar surface area (TPSA) is 70.1 Å². The summed E-state index contributed by atoms with van der Waals surface area (Å²) >= 11 is 0. The van der Waals surface area contributed by atoms with Crippen molar-refractivity contribution in [2.45, 2.75) is 12.6 Å². The molecular formula is C12H11ClF3N3O2. The zero-order chi connectivity index (χ0) is 14.8. The van der Waals surface area contributed by atoms with E-state index in [0.717, 1.165) is 11.1 Å². The van der Waals surface area contributed by atoms with E-state index in [2.05, 4.69) is 4.98 Å². The Morgan fingerprint density at radius 2 is 1.86 bits per heavy atom. The summed E-state index contributed by atoms with van der Waals surface area (Å²) in [4.78, 5) is 20.4. The minimum atomic E-state index is -4.27. The Morgan fingerprint density at radius 3 is 2.43 bits per heavy atom. The summed E-state index contributed by atoms with van der Waals surface area (Å²) in [5, 5.41) is 0.